The van der Waals surface area contributed by atoms with E-state index in [1.54, 1.807) is 12.1 Å². The third-order valence-corrected chi connectivity index (χ3v) is 9.10. The standard InChI is InChI=1S/C41H25F3N4/c1-24-11-15-36-32(17-24)30-7-3-5-9-34(30)47(36)38-19-26(22-45)20-39(40(38)29-14-13-28(41(42,43)44)21-27(29)23-46)48-35-10-6-4-8-31(35)33-18-25(2)12-16-37(33)48/h3-21H,1-2H3. The third-order valence-electron chi connectivity index (χ3n) is 9.10. The molecule has 0 saturated heterocycles. The van der Waals surface area contributed by atoms with Crippen molar-refractivity contribution in [2.24, 2.45) is 0 Å². The van der Waals surface area contributed by atoms with Crippen LogP contribution >= 0.6 is 0 Å². The molecular formula is C41H25F3N4. The van der Waals surface area contributed by atoms with Gasteiger partial charge < -0.3 is 9.13 Å². The number of aromatic nitrogens is 2. The highest BCUT2D eigenvalue weighted by molar-refractivity contribution is 6.12. The first-order chi connectivity index (χ1) is 23.2. The van der Waals surface area contributed by atoms with Gasteiger partial charge >= 0.3 is 6.18 Å². The number of para-hydroxylation sites is 2. The monoisotopic (exact) mass is 630 g/mol. The maximum Gasteiger partial charge on any atom is 0.416 e. The van der Waals surface area contributed by atoms with Crippen LogP contribution in [0.4, 0.5) is 13.2 Å². The molecule has 0 aliphatic rings. The van der Waals surface area contributed by atoms with E-state index in [1.807, 2.05) is 86.6 Å². The zero-order valence-corrected chi connectivity index (χ0v) is 25.9. The largest absolute Gasteiger partial charge is 0.416 e. The van der Waals surface area contributed by atoms with Gasteiger partial charge in [-0.05, 0) is 74.5 Å². The number of hydrogen-bond donors (Lipinski definition) is 0. The number of nitrogens with zero attached hydrogens (tertiary/aromatic N) is 4. The van der Waals surface area contributed by atoms with Crippen LogP contribution in [-0.4, -0.2) is 9.13 Å². The van der Waals surface area contributed by atoms with E-state index in [0.717, 1.165) is 66.9 Å². The molecule has 230 valence electrons. The second-order valence-corrected chi connectivity index (χ2v) is 12.1. The van der Waals surface area contributed by atoms with E-state index in [2.05, 4.69) is 33.4 Å². The SMILES string of the molecule is Cc1ccc2c(c1)c1ccccc1n2-c1cc(C#N)cc(-n2c3ccccc3c3cc(C)ccc32)c1-c1ccc(C(F)(F)F)cc1C#N. The number of aryl methyl sites for hydroxylation is 2. The molecule has 7 heteroatoms. The van der Waals surface area contributed by atoms with Gasteiger partial charge in [0.25, 0.3) is 0 Å². The Balaban J connectivity index is 1.61. The molecule has 0 unspecified atom stereocenters. The Bertz CT molecular complexity index is 2570. The highest BCUT2D eigenvalue weighted by Gasteiger charge is 2.32. The van der Waals surface area contributed by atoms with Gasteiger partial charge in [-0.15, -0.1) is 0 Å². The Hall–Kier alpha value is -6.31. The Labute approximate surface area is 273 Å². The van der Waals surface area contributed by atoms with Gasteiger partial charge in [-0.25, -0.2) is 0 Å². The van der Waals surface area contributed by atoms with E-state index >= 15 is 0 Å². The first-order valence-corrected chi connectivity index (χ1v) is 15.4. The molecule has 6 aromatic carbocycles. The van der Waals surface area contributed by atoms with Crippen molar-refractivity contribution in [3.8, 4) is 34.6 Å². The van der Waals surface area contributed by atoms with Crippen LogP contribution in [-0.2, 0) is 6.18 Å². The first-order valence-electron chi connectivity index (χ1n) is 15.4. The third kappa shape index (κ3) is 4.36. The fourth-order valence-electron chi connectivity index (χ4n) is 7.03. The summed E-state index contributed by atoms with van der Waals surface area (Å²) in [5.41, 5.74) is 6.98. The van der Waals surface area contributed by atoms with Gasteiger partial charge in [0.2, 0.25) is 0 Å². The van der Waals surface area contributed by atoms with Gasteiger partial charge in [0.1, 0.15) is 0 Å². The first kappa shape index (κ1) is 29.1. The molecule has 0 atom stereocenters. The molecule has 2 heterocycles. The quantitative estimate of drug-likeness (QED) is 0.195. The summed E-state index contributed by atoms with van der Waals surface area (Å²) < 4.78 is 46.0. The second kappa shape index (κ2) is 10.6. The summed E-state index contributed by atoms with van der Waals surface area (Å²) in [6.07, 6.45) is -4.63. The lowest BCUT2D eigenvalue weighted by atomic mass is 9.93. The summed E-state index contributed by atoms with van der Waals surface area (Å²) in [6.45, 7) is 4.05. The van der Waals surface area contributed by atoms with Gasteiger partial charge in [-0.3, -0.25) is 0 Å². The molecule has 0 spiro atoms. The average Bonchev–Trinajstić information content (AvgIpc) is 3.59. The van der Waals surface area contributed by atoms with E-state index in [-0.39, 0.29) is 5.56 Å². The average molecular weight is 631 g/mol. The lowest BCUT2D eigenvalue weighted by Crippen LogP contribution is -2.08. The van der Waals surface area contributed by atoms with Crippen LogP contribution in [0.1, 0.15) is 27.8 Å². The Morgan fingerprint density at radius 1 is 0.542 bits per heavy atom. The van der Waals surface area contributed by atoms with E-state index in [4.69, 9.17) is 0 Å². The number of fused-ring (bicyclic) bond motifs is 6. The Morgan fingerprint density at radius 3 is 1.52 bits per heavy atom. The number of alkyl halides is 3. The molecule has 2 aromatic heterocycles. The van der Waals surface area contributed by atoms with Gasteiger partial charge in [0.15, 0.2) is 0 Å². The number of hydrogen-bond acceptors (Lipinski definition) is 2. The predicted octanol–water partition coefficient (Wildman–Crippen LogP) is 10.9. The lowest BCUT2D eigenvalue weighted by Gasteiger charge is -2.22. The molecule has 4 nitrogen and oxygen atoms in total. The fraction of sp³-hybridized carbons (Fsp3) is 0.0732. The minimum atomic E-state index is -4.63. The number of rotatable bonds is 3. The van der Waals surface area contributed by atoms with Crippen LogP contribution in [0.25, 0.3) is 66.1 Å². The highest BCUT2D eigenvalue weighted by atomic mass is 19.4. The van der Waals surface area contributed by atoms with Crippen LogP contribution < -0.4 is 0 Å². The van der Waals surface area contributed by atoms with Gasteiger partial charge in [0, 0.05) is 32.7 Å². The second-order valence-electron chi connectivity index (χ2n) is 12.1. The molecule has 0 saturated carbocycles. The predicted molar refractivity (Wildman–Crippen MR) is 184 cm³/mol. The van der Waals surface area contributed by atoms with E-state index in [1.165, 1.54) is 6.07 Å². The van der Waals surface area contributed by atoms with Crippen molar-refractivity contribution in [1.82, 2.24) is 9.13 Å². The van der Waals surface area contributed by atoms with Crippen molar-refractivity contribution in [2.75, 3.05) is 0 Å². The van der Waals surface area contributed by atoms with Crippen molar-refractivity contribution in [3.63, 3.8) is 0 Å². The Morgan fingerprint density at radius 2 is 1.04 bits per heavy atom. The molecule has 0 aliphatic carbocycles. The molecule has 0 amide bonds. The molecule has 0 aliphatic heterocycles. The van der Waals surface area contributed by atoms with Crippen LogP contribution in [0.3, 0.4) is 0 Å². The molecule has 48 heavy (non-hydrogen) atoms. The lowest BCUT2D eigenvalue weighted by molar-refractivity contribution is -0.137. The van der Waals surface area contributed by atoms with Gasteiger partial charge in [-0.1, -0.05) is 65.7 Å². The minimum Gasteiger partial charge on any atom is -0.308 e. The summed E-state index contributed by atoms with van der Waals surface area (Å²) in [7, 11) is 0. The van der Waals surface area contributed by atoms with Crippen LogP contribution in [0.5, 0.6) is 0 Å². The zero-order chi connectivity index (χ0) is 33.3. The van der Waals surface area contributed by atoms with Gasteiger partial charge in [0.05, 0.1) is 62.3 Å². The Kier molecular flexibility index (Phi) is 6.44. The molecule has 0 fully saturated rings. The number of halogens is 3. The van der Waals surface area contributed by atoms with Crippen molar-refractivity contribution < 1.29 is 13.2 Å². The van der Waals surface area contributed by atoms with Crippen LogP contribution in [0.15, 0.2) is 115 Å². The van der Waals surface area contributed by atoms with Crippen molar-refractivity contribution in [3.05, 3.63) is 143 Å². The normalized spacial score (nSPS) is 11.8. The molecule has 0 radical (unpaired) electrons. The summed E-state index contributed by atoms with van der Waals surface area (Å²) in [6, 6.07) is 39.4. The van der Waals surface area contributed by atoms with E-state index < -0.39 is 11.7 Å². The smallest absolute Gasteiger partial charge is 0.308 e. The van der Waals surface area contributed by atoms with E-state index in [9.17, 15) is 23.7 Å². The summed E-state index contributed by atoms with van der Waals surface area (Å²) in [5.74, 6) is 0. The maximum atomic E-state index is 14.0. The fourth-order valence-corrected chi connectivity index (χ4v) is 7.03. The molecule has 8 rings (SSSR count). The van der Waals surface area contributed by atoms with Crippen molar-refractivity contribution in [2.45, 2.75) is 20.0 Å². The van der Waals surface area contributed by atoms with Crippen LogP contribution in [0.2, 0.25) is 0 Å². The zero-order valence-electron chi connectivity index (χ0n) is 25.9. The molecule has 0 bridgehead atoms. The number of nitriles is 2. The molecular weight excluding hydrogens is 605 g/mol. The summed E-state index contributed by atoms with van der Waals surface area (Å²) >= 11 is 0. The summed E-state index contributed by atoms with van der Waals surface area (Å²) in [5, 5.41) is 24.8. The van der Waals surface area contributed by atoms with Crippen molar-refractivity contribution in [1.29, 1.82) is 10.5 Å². The highest BCUT2D eigenvalue weighted by Crippen LogP contribution is 2.44. The summed E-state index contributed by atoms with van der Waals surface area (Å²) in [4.78, 5) is 0. The van der Waals surface area contributed by atoms with Crippen molar-refractivity contribution >= 4 is 43.6 Å². The minimum absolute atomic E-state index is 0.120. The number of benzene rings is 6. The maximum absolute atomic E-state index is 14.0. The van der Waals surface area contributed by atoms with E-state index in [0.29, 0.717) is 28.1 Å². The topological polar surface area (TPSA) is 57.4 Å². The molecule has 8 aromatic rings. The van der Waals surface area contributed by atoms with Gasteiger partial charge in [-0.2, -0.15) is 23.7 Å². The molecule has 0 N–H and O–H groups in total. The van der Waals surface area contributed by atoms with Crippen LogP contribution in [0, 0.1) is 36.5 Å².